The first kappa shape index (κ1) is 112. The minimum atomic E-state index is -4.64. The molecule has 1 aliphatic carbocycles. The molecule has 0 spiro atoms. The van der Waals surface area contributed by atoms with Gasteiger partial charge >= 0.3 is 46.9 Å². The Morgan fingerprint density at radius 1 is 0.179 bits per heavy atom. The maximum absolute atomic E-state index is 8.97. The van der Waals surface area contributed by atoms with Crippen molar-refractivity contribution in [2.45, 2.75) is 161 Å². The van der Waals surface area contributed by atoms with Crippen LogP contribution in [-0.4, -0.2) is 303 Å². The zero-order chi connectivity index (χ0) is 70.7. The van der Waals surface area contributed by atoms with E-state index in [0.717, 1.165) is 0 Å². The van der Waals surface area contributed by atoms with Crippen LogP contribution in [0.25, 0.3) is 0 Å². The third kappa shape index (κ3) is 150. The predicted molar refractivity (Wildman–Crippen MR) is 322 cm³/mol. The molecule has 1 saturated carbocycles. The van der Waals surface area contributed by atoms with Gasteiger partial charge in [-0.2, -0.15) is 0 Å². The SMILES string of the molecule is CCN(CC)CC.CCN(CC)CC.CCN(CC)CC.CCN(CC)CC.CCN(CC)CC.CCN(CC)CC.O=P(O)(O)O.O=P(O)(O)O.O=P(O)(O)O.O=P(O)(O)O.O=P(O)(O)O.O=P(O)(O)O.O[C@H]1[C@H](O)[C@@H](O)[C@H](O)[C@@H](O)[C@H]1O. The van der Waals surface area contributed by atoms with Gasteiger partial charge in [0.2, 0.25) is 0 Å². The summed E-state index contributed by atoms with van der Waals surface area (Å²) in [5.74, 6) is 0. The third-order valence-corrected chi connectivity index (χ3v) is 10.1. The van der Waals surface area contributed by atoms with Gasteiger partial charge in [-0.15, -0.1) is 0 Å². The van der Waals surface area contributed by atoms with E-state index in [-0.39, 0.29) is 0 Å². The standard InChI is InChI=1S/6C6H15N.C6H12O6.6H3O4P/c6*1-4-7(5-2)6-3;7-1-2(8)4(10)6(12)5(11)3(1)9;6*1-5(2,3)4/h6*4-6H2,1-3H3;1-12H;6*(H3,1,2,3,4)/t;;;;;;1-,2-,3-,4+,5-,6-;;;;;;. The lowest BCUT2D eigenvalue weighted by Gasteiger charge is -2.39. The van der Waals surface area contributed by atoms with E-state index in [9.17, 15) is 0 Å². The zero-order valence-corrected chi connectivity index (χ0v) is 58.1. The van der Waals surface area contributed by atoms with E-state index >= 15 is 0 Å². The summed E-state index contributed by atoms with van der Waals surface area (Å²) in [5, 5.41) is 53.8. The molecule has 1 rings (SSSR count). The van der Waals surface area contributed by atoms with Crippen molar-refractivity contribution in [3.8, 4) is 0 Å². The van der Waals surface area contributed by atoms with Crippen molar-refractivity contribution >= 4 is 46.9 Å². The highest BCUT2D eigenvalue weighted by atomic mass is 31.2. The summed E-state index contributed by atoms with van der Waals surface area (Å²) in [6.45, 7) is 60.8. The molecule has 1 fully saturated rings. The Labute approximate surface area is 500 Å². The summed E-state index contributed by atoms with van der Waals surface area (Å²) in [5.41, 5.74) is 0. The molecule has 84 heavy (non-hydrogen) atoms. The molecule has 0 aliphatic heterocycles. The highest BCUT2D eigenvalue weighted by Crippen LogP contribution is 2.28. The number of phosphoric acid groups is 6. The average molecular weight is 1380 g/mol. The molecule has 24 N–H and O–H groups in total. The van der Waals surface area contributed by atoms with Crippen LogP contribution < -0.4 is 0 Å². The van der Waals surface area contributed by atoms with Crippen LogP contribution in [0.15, 0.2) is 0 Å². The second-order valence-corrected chi connectivity index (χ2v) is 21.9. The van der Waals surface area contributed by atoms with Gasteiger partial charge in [-0.1, -0.05) is 125 Å². The summed E-state index contributed by atoms with van der Waals surface area (Å²) in [6.07, 6.45) is -9.84. The lowest BCUT2D eigenvalue weighted by molar-refractivity contribution is -0.223. The molecule has 0 aromatic rings. The van der Waals surface area contributed by atoms with Gasteiger partial charge in [0.15, 0.2) is 0 Å². The Kier molecular flexibility index (Phi) is 91.9. The van der Waals surface area contributed by atoms with Crippen LogP contribution in [0.4, 0.5) is 0 Å². The quantitative estimate of drug-likeness (QED) is 0.0708. The highest BCUT2D eigenvalue weighted by molar-refractivity contribution is 7.46. The Morgan fingerprint density at radius 2 is 0.214 bits per heavy atom. The maximum atomic E-state index is 8.97. The molecule has 0 saturated heterocycles. The number of aliphatic hydroxyl groups excluding tert-OH is 6. The van der Waals surface area contributed by atoms with Gasteiger partial charge in [0.05, 0.1) is 0 Å². The predicted octanol–water partition coefficient (Wildman–Crippen LogP) is -1.32. The minimum absolute atomic E-state index is 1.19. The second-order valence-electron chi connectivity index (χ2n) is 15.7. The van der Waals surface area contributed by atoms with Crippen LogP contribution in [0, 0.1) is 0 Å². The van der Waals surface area contributed by atoms with E-state index in [0.29, 0.717) is 0 Å². The topological polar surface area (TPSA) is 607 Å². The molecule has 0 heterocycles. The first-order valence-electron chi connectivity index (χ1n) is 26.7. The smallest absolute Gasteiger partial charge is 0.387 e. The van der Waals surface area contributed by atoms with Crippen LogP contribution in [0.3, 0.4) is 0 Å². The Hall–Kier alpha value is 0.180. The molecule has 42 heteroatoms. The number of hydrogen-bond acceptors (Lipinski definition) is 18. The van der Waals surface area contributed by atoms with E-state index in [1.165, 1.54) is 118 Å². The van der Waals surface area contributed by atoms with Crippen molar-refractivity contribution < 1.29 is 146 Å². The van der Waals surface area contributed by atoms with Crippen LogP contribution >= 0.6 is 46.9 Å². The van der Waals surface area contributed by atoms with E-state index in [2.05, 4.69) is 154 Å². The van der Waals surface area contributed by atoms with Gasteiger partial charge in [0.25, 0.3) is 0 Å². The molecule has 0 bridgehead atoms. The summed E-state index contributed by atoms with van der Waals surface area (Å²) in [7, 11) is -27.8. The third-order valence-electron chi connectivity index (χ3n) is 10.1. The first-order chi connectivity index (χ1) is 37.5. The second kappa shape index (κ2) is 69.1. The normalized spacial score (nSPS) is 17.3. The van der Waals surface area contributed by atoms with Crippen molar-refractivity contribution in [1.29, 1.82) is 0 Å². The van der Waals surface area contributed by atoms with Gasteiger partial charge in [0, 0.05) is 0 Å². The van der Waals surface area contributed by atoms with Crippen LogP contribution in [-0.2, 0) is 27.4 Å². The lowest BCUT2D eigenvalue weighted by Crippen LogP contribution is -2.63. The fourth-order valence-corrected chi connectivity index (χ4v) is 5.24. The van der Waals surface area contributed by atoms with Crippen LogP contribution in [0.2, 0.25) is 0 Å². The summed E-state index contributed by atoms with van der Waals surface area (Å²) in [6, 6.07) is 0. The van der Waals surface area contributed by atoms with Gasteiger partial charge in [0.1, 0.15) is 36.6 Å². The molecule has 528 valence electrons. The maximum Gasteiger partial charge on any atom is 0.466 e. The fraction of sp³-hybridized carbons (Fsp3) is 1.00. The van der Waals surface area contributed by atoms with Gasteiger partial charge in [-0.25, -0.2) is 27.4 Å². The molecular weight excluding hydrogens is 1250 g/mol. The lowest BCUT2D eigenvalue weighted by atomic mass is 9.85. The van der Waals surface area contributed by atoms with Crippen molar-refractivity contribution in [2.75, 3.05) is 118 Å². The van der Waals surface area contributed by atoms with Crippen molar-refractivity contribution in [3.63, 3.8) is 0 Å². The molecule has 36 nitrogen and oxygen atoms in total. The molecule has 0 radical (unpaired) electrons. The Bertz CT molecular complexity index is 1200. The number of rotatable bonds is 18. The van der Waals surface area contributed by atoms with Crippen LogP contribution in [0.5, 0.6) is 0 Å². The molecule has 0 unspecified atom stereocenters. The van der Waals surface area contributed by atoms with E-state index in [1.54, 1.807) is 0 Å². The largest absolute Gasteiger partial charge is 0.466 e. The van der Waals surface area contributed by atoms with E-state index in [1.807, 2.05) is 0 Å². The van der Waals surface area contributed by atoms with E-state index in [4.69, 9.17) is 146 Å². The summed E-state index contributed by atoms with van der Waals surface area (Å²) in [4.78, 5) is 144. The fourth-order valence-electron chi connectivity index (χ4n) is 5.24. The highest BCUT2D eigenvalue weighted by Gasteiger charge is 2.47. The van der Waals surface area contributed by atoms with Crippen molar-refractivity contribution in [3.05, 3.63) is 0 Å². The molecule has 0 aromatic heterocycles. The summed E-state index contributed by atoms with van der Waals surface area (Å²) >= 11 is 0. The monoisotopic (exact) mass is 1370 g/mol. The minimum Gasteiger partial charge on any atom is -0.387 e. The van der Waals surface area contributed by atoms with Gasteiger partial charge < -0.3 is 148 Å². The number of nitrogens with zero attached hydrogens (tertiary/aromatic N) is 6. The van der Waals surface area contributed by atoms with E-state index < -0.39 is 83.6 Å². The number of aliphatic hydroxyl groups is 6. The van der Waals surface area contributed by atoms with Gasteiger partial charge in [-0.3, -0.25) is 0 Å². The molecule has 0 aromatic carbocycles. The Balaban J connectivity index is -0.0000000675. The van der Waals surface area contributed by atoms with Crippen LogP contribution in [0.1, 0.15) is 125 Å². The zero-order valence-electron chi connectivity index (χ0n) is 52.7. The summed E-state index contributed by atoms with van der Waals surface area (Å²) < 4.78 is 53.3. The van der Waals surface area contributed by atoms with Crippen molar-refractivity contribution in [1.82, 2.24) is 29.4 Å². The molecule has 1 aliphatic rings. The number of hydrogen-bond donors (Lipinski definition) is 24. The molecular formula is C42H120N6O30P6. The molecule has 0 amide bonds. The molecule has 0 atom stereocenters. The van der Waals surface area contributed by atoms with Crippen molar-refractivity contribution in [2.24, 2.45) is 0 Å². The average Bonchev–Trinajstić information content (AvgIpc) is 3.34. The van der Waals surface area contributed by atoms with Gasteiger partial charge in [-0.05, 0) is 118 Å². The first-order valence-corrected chi connectivity index (χ1v) is 36.1. The Morgan fingerprint density at radius 3 is 0.226 bits per heavy atom.